The predicted octanol–water partition coefficient (Wildman–Crippen LogP) is 1.79. The van der Waals surface area contributed by atoms with Crippen LogP contribution in [0.3, 0.4) is 0 Å². The number of rotatable bonds is 4. The van der Waals surface area contributed by atoms with Gasteiger partial charge in [0.05, 0.1) is 0 Å². The fourth-order valence-corrected chi connectivity index (χ4v) is 4.06. The summed E-state index contributed by atoms with van der Waals surface area (Å²) >= 11 is 0. The molecule has 4 nitrogen and oxygen atoms in total. The molecule has 0 aromatic carbocycles. The van der Waals surface area contributed by atoms with Crippen LogP contribution in [0, 0.1) is 17.8 Å². The minimum atomic E-state index is -0.129. The molecule has 0 unspecified atom stereocenters. The second-order valence-electron chi connectivity index (χ2n) is 6.36. The van der Waals surface area contributed by atoms with E-state index >= 15 is 0 Å². The van der Waals surface area contributed by atoms with Gasteiger partial charge in [0.25, 0.3) is 5.56 Å². The van der Waals surface area contributed by atoms with Crippen molar-refractivity contribution in [3.63, 3.8) is 0 Å². The predicted molar refractivity (Wildman–Crippen MR) is 77.2 cm³/mol. The van der Waals surface area contributed by atoms with Crippen molar-refractivity contribution in [1.82, 2.24) is 9.88 Å². The minimum Gasteiger partial charge on any atom is -0.352 e. The van der Waals surface area contributed by atoms with Gasteiger partial charge in [0.15, 0.2) is 0 Å². The molecule has 1 amide bonds. The van der Waals surface area contributed by atoms with E-state index in [2.05, 4.69) is 12.2 Å². The van der Waals surface area contributed by atoms with E-state index in [-0.39, 0.29) is 24.1 Å². The van der Waals surface area contributed by atoms with E-state index in [9.17, 15) is 9.59 Å². The van der Waals surface area contributed by atoms with Gasteiger partial charge in [-0.2, -0.15) is 0 Å². The van der Waals surface area contributed by atoms with Crippen LogP contribution in [0.15, 0.2) is 29.2 Å². The number of pyridine rings is 1. The van der Waals surface area contributed by atoms with Crippen LogP contribution in [0.4, 0.5) is 0 Å². The van der Waals surface area contributed by atoms with Gasteiger partial charge in [0.1, 0.15) is 6.54 Å². The smallest absolute Gasteiger partial charge is 0.250 e. The number of aromatic nitrogens is 1. The van der Waals surface area contributed by atoms with E-state index in [1.54, 1.807) is 18.3 Å². The Kier molecular flexibility index (Phi) is 3.64. The molecule has 1 heterocycles. The summed E-state index contributed by atoms with van der Waals surface area (Å²) in [6.07, 6.45) is 6.97. The van der Waals surface area contributed by atoms with Crippen LogP contribution >= 0.6 is 0 Å². The minimum absolute atomic E-state index is 0.0615. The van der Waals surface area contributed by atoms with Crippen molar-refractivity contribution in [1.29, 1.82) is 0 Å². The maximum atomic E-state index is 12.1. The molecule has 0 aliphatic heterocycles. The molecular formula is C16H22N2O2. The molecule has 1 N–H and O–H groups in total. The van der Waals surface area contributed by atoms with Crippen molar-refractivity contribution < 1.29 is 4.79 Å². The molecule has 2 aliphatic carbocycles. The molecular weight excluding hydrogens is 252 g/mol. The van der Waals surface area contributed by atoms with Crippen LogP contribution in [-0.2, 0) is 11.3 Å². The number of nitrogens with one attached hydrogen (secondary N) is 1. The highest BCUT2D eigenvalue weighted by Crippen LogP contribution is 2.49. The van der Waals surface area contributed by atoms with E-state index in [4.69, 9.17) is 0 Å². The van der Waals surface area contributed by atoms with Crippen molar-refractivity contribution >= 4 is 5.91 Å². The summed E-state index contributed by atoms with van der Waals surface area (Å²) < 4.78 is 1.45. The highest BCUT2D eigenvalue weighted by atomic mass is 16.2. The standard InChI is InChI=1S/C16H22N2O2/c1-11(14-9-12-5-6-13(14)8-12)17-15(19)10-18-7-3-2-4-16(18)20/h2-4,7,11-14H,5-6,8-10H2,1H3,(H,17,19)/t11-,12+,13+,14+/m1/s1. The first-order valence-corrected chi connectivity index (χ1v) is 7.58. The van der Waals surface area contributed by atoms with E-state index < -0.39 is 0 Å². The van der Waals surface area contributed by atoms with Crippen LogP contribution in [0.1, 0.15) is 32.6 Å². The summed E-state index contributed by atoms with van der Waals surface area (Å²) in [4.78, 5) is 23.7. The fraction of sp³-hybridized carbons (Fsp3) is 0.625. The number of carbonyl (C=O) groups excluding carboxylic acids is 1. The zero-order valence-electron chi connectivity index (χ0n) is 11.9. The highest BCUT2D eigenvalue weighted by molar-refractivity contribution is 5.76. The number of nitrogens with zero attached hydrogens (tertiary/aromatic N) is 1. The van der Waals surface area contributed by atoms with Crippen molar-refractivity contribution in [2.45, 2.75) is 45.2 Å². The van der Waals surface area contributed by atoms with Gasteiger partial charge in [-0.05, 0) is 50.0 Å². The summed E-state index contributed by atoms with van der Waals surface area (Å²) in [5.41, 5.74) is -0.129. The molecule has 4 atom stereocenters. The van der Waals surface area contributed by atoms with Crippen LogP contribution < -0.4 is 10.9 Å². The molecule has 0 saturated heterocycles. The zero-order valence-corrected chi connectivity index (χ0v) is 11.9. The van der Waals surface area contributed by atoms with Gasteiger partial charge in [-0.1, -0.05) is 12.5 Å². The molecule has 2 fully saturated rings. The van der Waals surface area contributed by atoms with E-state index in [0.29, 0.717) is 5.92 Å². The van der Waals surface area contributed by atoms with Gasteiger partial charge >= 0.3 is 0 Å². The molecule has 20 heavy (non-hydrogen) atoms. The quantitative estimate of drug-likeness (QED) is 0.910. The van der Waals surface area contributed by atoms with Crippen molar-refractivity contribution in [3.8, 4) is 0 Å². The van der Waals surface area contributed by atoms with Crippen molar-refractivity contribution in [3.05, 3.63) is 34.7 Å². The van der Waals surface area contributed by atoms with Gasteiger partial charge in [-0.15, -0.1) is 0 Å². The molecule has 3 rings (SSSR count). The molecule has 4 heteroatoms. The lowest BCUT2D eigenvalue weighted by Gasteiger charge is -2.28. The summed E-state index contributed by atoms with van der Waals surface area (Å²) in [5.74, 6) is 2.26. The summed E-state index contributed by atoms with van der Waals surface area (Å²) in [7, 11) is 0. The molecule has 2 bridgehead atoms. The van der Waals surface area contributed by atoms with Crippen molar-refractivity contribution in [2.24, 2.45) is 17.8 Å². The van der Waals surface area contributed by atoms with Crippen LogP contribution in [-0.4, -0.2) is 16.5 Å². The average Bonchev–Trinajstić information content (AvgIpc) is 3.03. The highest BCUT2D eigenvalue weighted by Gasteiger charge is 2.42. The fourth-order valence-electron chi connectivity index (χ4n) is 4.06. The first kappa shape index (κ1) is 13.4. The van der Waals surface area contributed by atoms with Gasteiger partial charge in [0.2, 0.25) is 5.91 Å². The number of carbonyl (C=O) groups is 1. The lowest BCUT2D eigenvalue weighted by atomic mass is 9.84. The second-order valence-corrected chi connectivity index (χ2v) is 6.36. The van der Waals surface area contributed by atoms with Gasteiger partial charge < -0.3 is 9.88 Å². The van der Waals surface area contributed by atoms with E-state index in [1.807, 2.05) is 0 Å². The van der Waals surface area contributed by atoms with Gasteiger partial charge in [0, 0.05) is 18.3 Å². The van der Waals surface area contributed by atoms with Gasteiger partial charge in [-0.3, -0.25) is 9.59 Å². The lowest BCUT2D eigenvalue weighted by Crippen LogP contribution is -2.42. The third-order valence-corrected chi connectivity index (χ3v) is 5.04. The topological polar surface area (TPSA) is 51.1 Å². The molecule has 1 aromatic heterocycles. The Morgan fingerprint density at radius 1 is 1.40 bits per heavy atom. The molecule has 2 aliphatic rings. The second kappa shape index (κ2) is 5.43. The monoisotopic (exact) mass is 274 g/mol. The van der Waals surface area contributed by atoms with Crippen LogP contribution in [0.25, 0.3) is 0 Å². The first-order chi connectivity index (χ1) is 9.63. The van der Waals surface area contributed by atoms with Gasteiger partial charge in [-0.25, -0.2) is 0 Å². The summed E-state index contributed by atoms with van der Waals surface area (Å²) in [6, 6.07) is 5.16. The lowest BCUT2D eigenvalue weighted by molar-refractivity contribution is -0.122. The molecule has 0 spiro atoms. The number of hydrogen-bond donors (Lipinski definition) is 1. The third-order valence-electron chi connectivity index (χ3n) is 5.04. The Morgan fingerprint density at radius 2 is 2.25 bits per heavy atom. The summed E-state index contributed by atoms with van der Waals surface area (Å²) in [5, 5.41) is 3.08. The largest absolute Gasteiger partial charge is 0.352 e. The van der Waals surface area contributed by atoms with E-state index in [1.165, 1.54) is 36.3 Å². The van der Waals surface area contributed by atoms with E-state index in [0.717, 1.165) is 11.8 Å². The Bertz CT molecular complexity index is 551. The normalized spacial score (nSPS) is 29.4. The Hall–Kier alpha value is -1.58. The Labute approximate surface area is 119 Å². The molecule has 108 valence electrons. The third kappa shape index (κ3) is 2.65. The average molecular weight is 274 g/mol. The number of hydrogen-bond acceptors (Lipinski definition) is 2. The molecule has 2 saturated carbocycles. The first-order valence-electron chi connectivity index (χ1n) is 7.58. The number of fused-ring (bicyclic) bond motifs is 2. The maximum Gasteiger partial charge on any atom is 0.250 e. The molecule has 0 radical (unpaired) electrons. The van der Waals surface area contributed by atoms with Crippen LogP contribution in [0.5, 0.6) is 0 Å². The Morgan fingerprint density at radius 3 is 2.90 bits per heavy atom. The SMILES string of the molecule is C[C@@H](NC(=O)Cn1ccccc1=O)[C@@H]1C[C@H]2CC[C@H]1C2. The Balaban J connectivity index is 1.56. The molecule has 1 aromatic rings. The van der Waals surface area contributed by atoms with Crippen molar-refractivity contribution in [2.75, 3.05) is 0 Å². The maximum absolute atomic E-state index is 12.1. The van der Waals surface area contributed by atoms with Crippen LogP contribution in [0.2, 0.25) is 0 Å². The summed E-state index contributed by atoms with van der Waals surface area (Å²) in [6.45, 7) is 2.22. The zero-order chi connectivity index (χ0) is 14.1. The number of amides is 1.